The van der Waals surface area contributed by atoms with Crippen LogP contribution >= 0.6 is 0 Å². The number of ether oxygens (including phenoxy) is 1. The molecule has 0 spiro atoms. The van der Waals surface area contributed by atoms with Crippen molar-refractivity contribution in [2.45, 2.75) is 69.5 Å². The number of rotatable bonds is 9. The van der Waals surface area contributed by atoms with E-state index in [1.165, 1.54) is 25.4 Å². The summed E-state index contributed by atoms with van der Waals surface area (Å²) in [6, 6.07) is 12.2. The normalized spacial score (nSPS) is 21.0. The molecule has 1 atom stereocenters. The molecule has 14 nitrogen and oxygen atoms in total. The molecule has 3 aromatic heterocycles. The van der Waals surface area contributed by atoms with Crippen LogP contribution in [0.4, 0.5) is 15.8 Å². The molecule has 2 aliphatic heterocycles. The molecule has 2 N–H and O–H groups in total. The fourth-order valence-electron chi connectivity index (χ4n) is 8.86. The van der Waals surface area contributed by atoms with Gasteiger partial charge in [-0.3, -0.25) is 33.5 Å². The number of benzene rings is 2. The van der Waals surface area contributed by atoms with E-state index in [2.05, 4.69) is 38.5 Å². The van der Waals surface area contributed by atoms with Gasteiger partial charge in [-0.1, -0.05) is 6.07 Å². The summed E-state index contributed by atoms with van der Waals surface area (Å²) in [5, 5.41) is 10.9. The number of pyridine rings is 1. The monoisotopic (exact) mass is 751 g/mol. The summed E-state index contributed by atoms with van der Waals surface area (Å²) in [5.74, 6) is -1.04. The summed E-state index contributed by atoms with van der Waals surface area (Å²) in [5.41, 5.74) is 3.17. The Kier molecular flexibility index (Phi) is 9.88. The molecule has 55 heavy (non-hydrogen) atoms. The van der Waals surface area contributed by atoms with Crippen LogP contribution in [0.3, 0.4) is 0 Å². The fraction of sp³-hybridized carbons (Fsp3) is 0.450. The highest BCUT2D eigenvalue weighted by Crippen LogP contribution is 2.37. The van der Waals surface area contributed by atoms with Crippen molar-refractivity contribution in [3.05, 3.63) is 76.9 Å². The van der Waals surface area contributed by atoms with Crippen LogP contribution in [0.1, 0.15) is 73.9 Å². The van der Waals surface area contributed by atoms with Gasteiger partial charge in [-0.15, -0.1) is 0 Å². The number of nitrogens with one attached hydrogen (secondary N) is 2. The van der Waals surface area contributed by atoms with Gasteiger partial charge in [0, 0.05) is 63.0 Å². The lowest BCUT2D eigenvalue weighted by Gasteiger charge is -2.40. The third-order valence-electron chi connectivity index (χ3n) is 11.8. The zero-order valence-corrected chi connectivity index (χ0v) is 31.3. The SMILES string of the molecule is COc1cc2nn([C@H]3CC[C@H](CN(C)C4CCN(c5cccc6c5n(C)c(=O)n6C5CCC(=O)NC5=O)CC4)CC3)cc2cc1NC(=O)c1ncccc1F. The Labute approximate surface area is 317 Å². The second-order valence-electron chi connectivity index (χ2n) is 15.2. The fourth-order valence-corrected chi connectivity index (χ4v) is 8.86. The molecule has 1 aliphatic carbocycles. The average Bonchev–Trinajstić information content (AvgIpc) is 3.72. The van der Waals surface area contributed by atoms with Crippen molar-refractivity contribution in [2.24, 2.45) is 13.0 Å². The van der Waals surface area contributed by atoms with Crippen molar-refractivity contribution in [3.63, 3.8) is 0 Å². The molecular weight excluding hydrogens is 705 g/mol. The van der Waals surface area contributed by atoms with E-state index in [0.717, 1.165) is 80.3 Å². The van der Waals surface area contributed by atoms with Crippen LogP contribution in [0, 0.1) is 11.7 Å². The number of anilines is 2. The number of hydrogen-bond acceptors (Lipinski definition) is 9. The molecule has 8 rings (SSSR count). The Morgan fingerprint density at radius 2 is 1.82 bits per heavy atom. The second-order valence-corrected chi connectivity index (χ2v) is 15.2. The molecule has 2 saturated heterocycles. The maximum absolute atomic E-state index is 14.2. The molecule has 3 aliphatic rings. The molecule has 5 heterocycles. The van der Waals surface area contributed by atoms with Crippen LogP contribution < -0.4 is 26.0 Å². The molecule has 3 amide bonds. The minimum Gasteiger partial charge on any atom is -0.494 e. The zero-order chi connectivity index (χ0) is 38.4. The highest BCUT2D eigenvalue weighted by atomic mass is 19.1. The summed E-state index contributed by atoms with van der Waals surface area (Å²) < 4.78 is 24.9. The molecule has 0 bridgehead atoms. The Balaban J connectivity index is 0.869. The number of fused-ring (bicyclic) bond motifs is 2. The summed E-state index contributed by atoms with van der Waals surface area (Å²) in [7, 11) is 5.52. The molecule has 288 valence electrons. The first-order valence-corrected chi connectivity index (χ1v) is 19.1. The van der Waals surface area contributed by atoms with Gasteiger partial charge in [-0.2, -0.15) is 5.10 Å². The number of imide groups is 1. The Bertz CT molecular complexity index is 2330. The summed E-state index contributed by atoms with van der Waals surface area (Å²) >= 11 is 0. The van der Waals surface area contributed by atoms with Crippen molar-refractivity contribution in [2.75, 3.05) is 44.0 Å². The second kappa shape index (κ2) is 14.9. The van der Waals surface area contributed by atoms with Gasteiger partial charge in [0.2, 0.25) is 11.8 Å². The predicted molar refractivity (Wildman–Crippen MR) is 206 cm³/mol. The van der Waals surface area contributed by atoms with Crippen LogP contribution in [0.15, 0.2) is 59.7 Å². The number of piperidine rings is 2. The van der Waals surface area contributed by atoms with Gasteiger partial charge >= 0.3 is 5.69 Å². The summed E-state index contributed by atoms with van der Waals surface area (Å²) in [6.07, 6.45) is 10.2. The first kappa shape index (κ1) is 36.4. The number of imidazole rings is 1. The van der Waals surface area contributed by atoms with Gasteiger partial charge < -0.3 is 19.9 Å². The van der Waals surface area contributed by atoms with Crippen LogP contribution in [0.25, 0.3) is 21.9 Å². The number of carbonyl (C=O) groups excluding carboxylic acids is 3. The van der Waals surface area contributed by atoms with Crippen LogP contribution in [-0.4, -0.2) is 86.4 Å². The lowest BCUT2D eigenvalue weighted by molar-refractivity contribution is -0.135. The number of amides is 3. The molecule has 15 heteroatoms. The zero-order valence-electron chi connectivity index (χ0n) is 31.3. The van der Waals surface area contributed by atoms with Crippen LogP contribution in [0.5, 0.6) is 5.75 Å². The highest BCUT2D eigenvalue weighted by molar-refractivity contribution is 6.05. The number of methoxy groups -OCH3 is 1. The van der Waals surface area contributed by atoms with E-state index in [0.29, 0.717) is 35.3 Å². The number of carbonyl (C=O) groups is 3. The lowest BCUT2D eigenvalue weighted by Crippen LogP contribution is -2.45. The number of halogens is 1. The summed E-state index contributed by atoms with van der Waals surface area (Å²) in [6.45, 7) is 2.76. The molecule has 2 aromatic carbocycles. The van der Waals surface area contributed by atoms with Gasteiger partial charge in [-0.25, -0.2) is 14.2 Å². The molecular formula is C40H46FN9O5. The Hall–Kier alpha value is -5.57. The van der Waals surface area contributed by atoms with Crippen LogP contribution in [-0.2, 0) is 16.6 Å². The number of aryl methyl sites for hydroxylation is 1. The number of para-hydroxylation sites is 1. The maximum Gasteiger partial charge on any atom is 0.329 e. The van der Waals surface area contributed by atoms with E-state index >= 15 is 0 Å². The van der Waals surface area contributed by atoms with Crippen LogP contribution in [0.2, 0.25) is 0 Å². The van der Waals surface area contributed by atoms with E-state index in [9.17, 15) is 23.6 Å². The number of hydrogen-bond donors (Lipinski definition) is 2. The smallest absolute Gasteiger partial charge is 0.329 e. The van der Waals surface area contributed by atoms with E-state index in [4.69, 9.17) is 9.84 Å². The predicted octanol–water partition coefficient (Wildman–Crippen LogP) is 4.79. The third kappa shape index (κ3) is 6.97. The number of aromatic nitrogens is 5. The number of nitrogens with zero attached hydrogens (tertiary/aromatic N) is 7. The molecule has 1 saturated carbocycles. The van der Waals surface area contributed by atoms with E-state index in [-0.39, 0.29) is 29.8 Å². The van der Waals surface area contributed by atoms with E-state index < -0.39 is 23.7 Å². The minimum atomic E-state index is -0.705. The van der Waals surface area contributed by atoms with Gasteiger partial charge in [-0.05, 0) is 88.2 Å². The van der Waals surface area contributed by atoms with E-state index in [1.807, 2.05) is 23.0 Å². The van der Waals surface area contributed by atoms with Crippen molar-refractivity contribution in [3.8, 4) is 5.75 Å². The summed E-state index contributed by atoms with van der Waals surface area (Å²) in [4.78, 5) is 59.5. The largest absolute Gasteiger partial charge is 0.494 e. The third-order valence-corrected chi connectivity index (χ3v) is 11.8. The lowest BCUT2D eigenvalue weighted by atomic mass is 9.85. The van der Waals surface area contributed by atoms with E-state index in [1.54, 1.807) is 28.3 Å². The quantitative estimate of drug-likeness (QED) is 0.203. The van der Waals surface area contributed by atoms with Gasteiger partial charge in [0.15, 0.2) is 11.5 Å². The molecule has 1 unspecified atom stereocenters. The standard InChI is InChI=1S/C40H46FN9O5/c1-46(26-15-18-48(19-16-26)31-7-4-8-32-37(31)47(2)40(54)50(32)33-13-14-35(51)44-38(33)52)22-24-9-11-27(12-10-24)49-23-25-20-30(34(55-3)21-29(25)45-49)43-39(53)36-28(41)6-5-17-42-36/h4-8,17,20-21,23-24,26-27,33H,9-16,18-19,22H2,1-3H3,(H,43,53)(H,44,51,52)/t24-,27-,33?. The maximum atomic E-state index is 14.2. The van der Waals surface area contributed by atoms with Gasteiger partial charge in [0.05, 0.1) is 41.1 Å². The van der Waals surface area contributed by atoms with Crippen molar-refractivity contribution in [1.82, 2.24) is 34.1 Å². The van der Waals surface area contributed by atoms with Crippen molar-refractivity contribution in [1.29, 1.82) is 0 Å². The molecule has 0 radical (unpaired) electrons. The highest BCUT2D eigenvalue weighted by Gasteiger charge is 2.33. The Morgan fingerprint density at radius 3 is 2.55 bits per heavy atom. The molecule has 5 aromatic rings. The molecule has 3 fully saturated rings. The van der Waals surface area contributed by atoms with Gasteiger partial charge in [0.25, 0.3) is 5.91 Å². The Morgan fingerprint density at radius 1 is 1.04 bits per heavy atom. The van der Waals surface area contributed by atoms with Crippen molar-refractivity contribution >= 4 is 51.0 Å². The van der Waals surface area contributed by atoms with Gasteiger partial charge in [0.1, 0.15) is 11.8 Å². The topological polar surface area (TPSA) is 149 Å². The average molecular weight is 752 g/mol. The first-order chi connectivity index (χ1) is 26.6. The minimum absolute atomic E-state index is 0.211. The first-order valence-electron chi connectivity index (χ1n) is 19.1. The van der Waals surface area contributed by atoms with Crippen molar-refractivity contribution < 1.29 is 23.5 Å².